The number of hydrogen-bond acceptors (Lipinski definition) is 2. The molecule has 0 heterocycles. The van der Waals surface area contributed by atoms with Crippen molar-refractivity contribution in [2.45, 2.75) is 58.5 Å². The van der Waals surface area contributed by atoms with E-state index in [-0.39, 0.29) is 29.3 Å². The van der Waals surface area contributed by atoms with Crippen LogP contribution >= 0.6 is 0 Å². The molecule has 3 heteroatoms. The molecule has 3 N–H and O–H groups in total. The molecule has 3 nitrogen and oxygen atoms in total. The van der Waals surface area contributed by atoms with Crippen LogP contribution in [0.3, 0.4) is 0 Å². The highest BCUT2D eigenvalue weighted by atomic mass is 16.1. The minimum Gasteiger partial charge on any atom is -0.368 e. The molecular formula is C17H28N2O. The van der Waals surface area contributed by atoms with E-state index in [0.29, 0.717) is 0 Å². The van der Waals surface area contributed by atoms with Crippen LogP contribution in [0.15, 0.2) is 30.3 Å². The number of primary amides is 1. The van der Waals surface area contributed by atoms with E-state index in [4.69, 9.17) is 5.73 Å². The van der Waals surface area contributed by atoms with E-state index >= 15 is 0 Å². The summed E-state index contributed by atoms with van der Waals surface area (Å²) in [5.41, 5.74) is 6.84. The first-order chi connectivity index (χ1) is 9.24. The zero-order valence-electron chi connectivity index (χ0n) is 13.3. The summed E-state index contributed by atoms with van der Waals surface area (Å²) in [6, 6.07) is 10.4. The third kappa shape index (κ3) is 4.64. The number of amides is 1. The fourth-order valence-electron chi connectivity index (χ4n) is 2.74. The number of nitrogens with one attached hydrogen (secondary N) is 1. The summed E-state index contributed by atoms with van der Waals surface area (Å²) in [6.45, 7) is 10.6. The fraction of sp³-hybridized carbons (Fsp3) is 0.588. The van der Waals surface area contributed by atoms with Crippen molar-refractivity contribution in [3.8, 4) is 0 Å². The summed E-state index contributed by atoms with van der Waals surface area (Å²) in [5.74, 6) is -0.0702. The van der Waals surface area contributed by atoms with Crippen LogP contribution in [0.5, 0.6) is 0 Å². The highest BCUT2D eigenvalue weighted by Crippen LogP contribution is 2.28. The van der Waals surface area contributed by atoms with Crippen molar-refractivity contribution in [3.05, 3.63) is 35.9 Å². The van der Waals surface area contributed by atoms with Gasteiger partial charge in [-0.1, -0.05) is 58.0 Å². The summed E-state index contributed by atoms with van der Waals surface area (Å²) in [7, 11) is 0. The van der Waals surface area contributed by atoms with Gasteiger partial charge in [-0.3, -0.25) is 4.79 Å². The Labute approximate surface area is 122 Å². The van der Waals surface area contributed by atoms with E-state index in [2.05, 4.69) is 50.4 Å². The van der Waals surface area contributed by atoms with Gasteiger partial charge in [-0.25, -0.2) is 0 Å². The first-order valence-electron chi connectivity index (χ1n) is 7.35. The molecule has 112 valence electrons. The zero-order chi connectivity index (χ0) is 15.3. The second-order valence-corrected chi connectivity index (χ2v) is 6.65. The molecule has 0 aromatic heterocycles. The van der Waals surface area contributed by atoms with Crippen molar-refractivity contribution >= 4 is 5.91 Å². The Kier molecular flexibility index (Phi) is 5.75. The summed E-state index contributed by atoms with van der Waals surface area (Å²) in [4.78, 5) is 11.5. The Bertz CT molecular complexity index is 426. The summed E-state index contributed by atoms with van der Waals surface area (Å²) >= 11 is 0. The van der Waals surface area contributed by atoms with Crippen LogP contribution in [0.25, 0.3) is 0 Å². The molecule has 1 aromatic carbocycles. The van der Waals surface area contributed by atoms with Gasteiger partial charge in [0.1, 0.15) is 0 Å². The highest BCUT2D eigenvalue weighted by Gasteiger charge is 2.27. The normalized spacial score (nSPS) is 15.1. The number of nitrogens with two attached hydrogens (primary N) is 1. The molecule has 2 unspecified atom stereocenters. The number of benzene rings is 1. The maximum Gasteiger partial charge on any atom is 0.234 e. The second-order valence-electron chi connectivity index (χ2n) is 6.65. The molecule has 0 aliphatic heterocycles. The van der Waals surface area contributed by atoms with Gasteiger partial charge in [-0.15, -0.1) is 0 Å². The van der Waals surface area contributed by atoms with Crippen molar-refractivity contribution in [1.29, 1.82) is 0 Å². The van der Waals surface area contributed by atoms with Crippen molar-refractivity contribution in [1.82, 2.24) is 5.32 Å². The second kappa shape index (κ2) is 6.89. The summed E-state index contributed by atoms with van der Waals surface area (Å²) in [6.07, 6.45) is 0.952. The van der Waals surface area contributed by atoms with Crippen molar-refractivity contribution in [2.75, 3.05) is 0 Å². The quantitative estimate of drug-likeness (QED) is 0.804. The van der Waals surface area contributed by atoms with E-state index in [1.807, 2.05) is 19.9 Å². The van der Waals surface area contributed by atoms with Crippen molar-refractivity contribution < 1.29 is 4.79 Å². The van der Waals surface area contributed by atoms with Crippen LogP contribution in [-0.4, -0.2) is 18.0 Å². The summed E-state index contributed by atoms with van der Waals surface area (Å²) < 4.78 is 0. The van der Waals surface area contributed by atoms with Crippen LogP contribution in [0.2, 0.25) is 0 Å². The SMILES string of the molecule is CC(CC(C)(C)c1ccccc1)NC(C(N)=O)C(C)C. The van der Waals surface area contributed by atoms with Crippen molar-refractivity contribution in [3.63, 3.8) is 0 Å². The zero-order valence-corrected chi connectivity index (χ0v) is 13.3. The van der Waals surface area contributed by atoms with Gasteiger partial charge in [0.2, 0.25) is 5.91 Å². The van der Waals surface area contributed by atoms with Gasteiger partial charge in [0.05, 0.1) is 6.04 Å². The van der Waals surface area contributed by atoms with Gasteiger partial charge < -0.3 is 11.1 Å². The van der Waals surface area contributed by atoms with Gasteiger partial charge in [-0.05, 0) is 30.2 Å². The number of hydrogen-bond donors (Lipinski definition) is 2. The monoisotopic (exact) mass is 276 g/mol. The van der Waals surface area contributed by atoms with Crippen LogP contribution < -0.4 is 11.1 Å². The Balaban J connectivity index is 2.70. The Morgan fingerprint density at radius 2 is 1.75 bits per heavy atom. The standard InChI is InChI=1S/C17H28N2O/c1-12(2)15(16(18)20)19-13(3)11-17(4,5)14-9-7-6-8-10-14/h6-10,12-13,15,19H,11H2,1-5H3,(H2,18,20). The highest BCUT2D eigenvalue weighted by molar-refractivity contribution is 5.80. The minimum atomic E-state index is -0.274. The van der Waals surface area contributed by atoms with E-state index in [9.17, 15) is 4.79 Å². The average Bonchev–Trinajstić information content (AvgIpc) is 2.35. The first kappa shape index (κ1) is 16.7. The lowest BCUT2D eigenvalue weighted by molar-refractivity contribution is -0.121. The molecule has 1 rings (SSSR count). The maximum absolute atomic E-state index is 11.5. The fourth-order valence-corrected chi connectivity index (χ4v) is 2.74. The largest absolute Gasteiger partial charge is 0.368 e. The van der Waals surface area contributed by atoms with Crippen molar-refractivity contribution in [2.24, 2.45) is 11.7 Å². The topological polar surface area (TPSA) is 55.1 Å². The Morgan fingerprint density at radius 1 is 1.20 bits per heavy atom. The smallest absolute Gasteiger partial charge is 0.234 e. The summed E-state index contributed by atoms with van der Waals surface area (Å²) in [5, 5.41) is 3.37. The van der Waals surface area contributed by atoms with Crippen LogP contribution in [0, 0.1) is 5.92 Å². The predicted molar refractivity (Wildman–Crippen MR) is 84.5 cm³/mol. The van der Waals surface area contributed by atoms with E-state index in [1.54, 1.807) is 0 Å². The molecule has 0 saturated heterocycles. The number of carbonyl (C=O) groups is 1. The van der Waals surface area contributed by atoms with Gasteiger partial charge in [0, 0.05) is 6.04 Å². The molecule has 0 saturated carbocycles. The molecule has 0 spiro atoms. The molecule has 0 fully saturated rings. The van der Waals surface area contributed by atoms with Gasteiger partial charge >= 0.3 is 0 Å². The van der Waals surface area contributed by atoms with Gasteiger partial charge in [-0.2, -0.15) is 0 Å². The van der Waals surface area contributed by atoms with E-state index < -0.39 is 0 Å². The molecular weight excluding hydrogens is 248 g/mol. The van der Waals surface area contributed by atoms with E-state index in [1.165, 1.54) is 5.56 Å². The predicted octanol–water partition coefficient (Wildman–Crippen LogP) is 2.84. The lowest BCUT2D eigenvalue weighted by Gasteiger charge is -2.31. The molecule has 0 bridgehead atoms. The van der Waals surface area contributed by atoms with Gasteiger partial charge in [0.25, 0.3) is 0 Å². The van der Waals surface area contributed by atoms with E-state index in [0.717, 1.165) is 6.42 Å². The molecule has 2 atom stereocenters. The first-order valence-corrected chi connectivity index (χ1v) is 7.35. The number of rotatable bonds is 7. The molecule has 0 aliphatic carbocycles. The Morgan fingerprint density at radius 3 is 2.20 bits per heavy atom. The molecule has 0 aliphatic rings. The lowest BCUT2D eigenvalue weighted by atomic mass is 9.79. The molecule has 20 heavy (non-hydrogen) atoms. The molecule has 1 amide bonds. The maximum atomic E-state index is 11.5. The Hall–Kier alpha value is -1.35. The van der Waals surface area contributed by atoms with Crippen LogP contribution in [0.1, 0.15) is 46.6 Å². The average molecular weight is 276 g/mol. The molecule has 1 aromatic rings. The van der Waals surface area contributed by atoms with Crippen LogP contribution in [0.4, 0.5) is 0 Å². The third-order valence-electron chi connectivity index (χ3n) is 3.81. The molecule has 0 radical (unpaired) electrons. The van der Waals surface area contributed by atoms with Gasteiger partial charge in [0.15, 0.2) is 0 Å². The third-order valence-corrected chi connectivity index (χ3v) is 3.81. The number of carbonyl (C=O) groups excluding carboxylic acids is 1. The van der Waals surface area contributed by atoms with Crippen LogP contribution in [-0.2, 0) is 10.2 Å². The minimum absolute atomic E-state index is 0.0624. The lowest BCUT2D eigenvalue weighted by Crippen LogP contribution is -2.49.